The molecule has 3 rings (SSSR count). The summed E-state index contributed by atoms with van der Waals surface area (Å²) in [5.74, 6) is 1.72. The van der Waals surface area contributed by atoms with E-state index in [1.54, 1.807) is 23.9 Å². The molecule has 148 valence electrons. The van der Waals surface area contributed by atoms with E-state index < -0.39 is 0 Å². The van der Waals surface area contributed by atoms with E-state index in [-0.39, 0.29) is 5.91 Å². The highest BCUT2D eigenvalue weighted by atomic mass is 32.2. The van der Waals surface area contributed by atoms with Crippen LogP contribution in [0.1, 0.15) is 18.1 Å². The Morgan fingerprint density at radius 3 is 2.59 bits per heavy atom. The van der Waals surface area contributed by atoms with Crippen LogP contribution in [-0.2, 0) is 10.5 Å². The van der Waals surface area contributed by atoms with Crippen molar-refractivity contribution in [1.82, 2.24) is 10.2 Å². The first-order valence-electron chi connectivity index (χ1n) is 8.77. The van der Waals surface area contributed by atoms with Crippen molar-refractivity contribution in [3.8, 4) is 11.8 Å². The average Bonchev–Trinajstić information content (AvgIpc) is 3.19. The number of hydrogen-bond acceptors (Lipinski definition) is 8. The molecule has 0 bridgehead atoms. The first-order valence-corrected chi connectivity index (χ1v) is 11.6. The maximum Gasteiger partial charge on any atom is 0.236 e. The minimum atomic E-state index is -0.122. The summed E-state index contributed by atoms with van der Waals surface area (Å²) in [6.07, 6.45) is 0. The molecule has 9 heteroatoms. The molecule has 6 nitrogen and oxygen atoms in total. The van der Waals surface area contributed by atoms with Crippen molar-refractivity contribution in [1.29, 1.82) is 5.26 Å². The van der Waals surface area contributed by atoms with Gasteiger partial charge in [-0.3, -0.25) is 10.1 Å². The smallest absolute Gasteiger partial charge is 0.236 e. The highest BCUT2D eigenvalue weighted by Crippen LogP contribution is 2.29. The Morgan fingerprint density at radius 1 is 1.14 bits per heavy atom. The van der Waals surface area contributed by atoms with E-state index in [4.69, 9.17) is 10.00 Å². The summed E-state index contributed by atoms with van der Waals surface area (Å²) in [5, 5.41) is 20.2. The molecule has 0 aliphatic carbocycles. The number of carbonyl (C=O) groups is 1. The van der Waals surface area contributed by atoms with E-state index in [9.17, 15) is 4.79 Å². The quantitative estimate of drug-likeness (QED) is 0.375. The van der Waals surface area contributed by atoms with Gasteiger partial charge in [0.05, 0.1) is 24.0 Å². The van der Waals surface area contributed by atoms with E-state index >= 15 is 0 Å². The molecule has 1 aromatic heterocycles. The zero-order valence-corrected chi connectivity index (χ0v) is 18.1. The SMILES string of the molecule is CCOc1ccc(SCC(=O)Nc2nnc(SCc3ccc(C#N)cc3)s2)cc1. The molecule has 0 radical (unpaired) electrons. The Balaban J connectivity index is 1.43. The number of anilines is 1. The van der Waals surface area contributed by atoms with Gasteiger partial charge in [0.2, 0.25) is 11.0 Å². The summed E-state index contributed by atoms with van der Waals surface area (Å²) in [6, 6.07) is 17.2. The minimum Gasteiger partial charge on any atom is -0.494 e. The van der Waals surface area contributed by atoms with Crippen LogP contribution in [0.25, 0.3) is 0 Å². The lowest BCUT2D eigenvalue weighted by Crippen LogP contribution is -2.13. The number of nitriles is 1. The zero-order chi connectivity index (χ0) is 20.5. The first-order chi connectivity index (χ1) is 14.2. The molecule has 0 saturated carbocycles. The molecule has 0 unspecified atom stereocenters. The molecule has 1 heterocycles. The summed E-state index contributed by atoms with van der Waals surface area (Å²) in [5.41, 5.74) is 1.74. The summed E-state index contributed by atoms with van der Waals surface area (Å²) < 4.78 is 6.19. The largest absolute Gasteiger partial charge is 0.494 e. The van der Waals surface area contributed by atoms with Gasteiger partial charge in [0.15, 0.2) is 4.34 Å². The third-order valence-corrected chi connectivity index (χ3v) is 6.66. The molecule has 1 N–H and O–H groups in total. The number of benzene rings is 2. The van der Waals surface area contributed by atoms with Gasteiger partial charge in [0, 0.05) is 10.6 Å². The summed E-state index contributed by atoms with van der Waals surface area (Å²) >= 11 is 4.34. The van der Waals surface area contributed by atoms with Gasteiger partial charge in [0.25, 0.3) is 0 Å². The first kappa shape index (κ1) is 21.2. The topological polar surface area (TPSA) is 87.9 Å². The number of aromatic nitrogens is 2. The second-order valence-electron chi connectivity index (χ2n) is 5.71. The van der Waals surface area contributed by atoms with Gasteiger partial charge in [-0.2, -0.15) is 5.26 Å². The monoisotopic (exact) mass is 442 g/mol. The van der Waals surface area contributed by atoms with Crippen LogP contribution in [-0.4, -0.2) is 28.5 Å². The molecule has 0 spiro atoms. The fourth-order valence-corrected chi connectivity index (χ4v) is 4.66. The van der Waals surface area contributed by atoms with Crippen molar-refractivity contribution in [2.75, 3.05) is 17.7 Å². The normalized spacial score (nSPS) is 10.3. The Bertz CT molecular complexity index is 982. The summed E-state index contributed by atoms with van der Waals surface area (Å²) in [6.45, 7) is 2.57. The van der Waals surface area contributed by atoms with Gasteiger partial charge in [-0.15, -0.1) is 22.0 Å². The van der Waals surface area contributed by atoms with Crippen LogP contribution in [0.15, 0.2) is 57.8 Å². The van der Waals surface area contributed by atoms with Crippen LogP contribution in [0, 0.1) is 11.3 Å². The molecule has 1 amide bonds. The molecular weight excluding hydrogens is 424 g/mol. The predicted molar refractivity (Wildman–Crippen MR) is 118 cm³/mol. The van der Waals surface area contributed by atoms with Crippen molar-refractivity contribution in [3.05, 3.63) is 59.7 Å². The fourth-order valence-electron chi connectivity index (χ4n) is 2.24. The average molecular weight is 443 g/mol. The van der Waals surface area contributed by atoms with Crippen LogP contribution in [0.4, 0.5) is 5.13 Å². The fraction of sp³-hybridized carbons (Fsp3) is 0.200. The highest BCUT2D eigenvalue weighted by molar-refractivity contribution is 8.00. The number of thioether (sulfide) groups is 2. The Morgan fingerprint density at radius 2 is 1.90 bits per heavy atom. The van der Waals surface area contributed by atoms with Crippen LogP contribution < -0.4 is 10.1 Å². The van der Waals surface area contributed by atoms with Gasteiger partial charge >= 0.3 is 0 Å². The van der Waals surface area contributed by atoms with Crippen LogP contribution in [0.3, 0.4) is 0 Å². The molecule has 0 saturated heterocycles. The number of amides is 1. The van der Waals surface area contributed by atoms with E-state index in [2.05, 4.69) is 21.6 Å². The number of ether oxygens (including phenoxy) is 1. The van der Waals surface area contributed by atoms with E-state index in [0.29, 0.717) is 23.1 Å². The predicted octanol–water partition coefficient (Wildman–Crippen LogP) is 4.83. The maximum absolute atomic E-state index is 12.2. The number of hydrogen-bond donors (Lipinski definition) is 1. The Hall–Kier alpha value is -2.54. The van der Waals surface area contributed by atoms with Crippen LogP contribution >= 0.6 is 34.9 Å². The van der Waals surface area contributed by atoms with Crippen molar-refractivity contribution in [2.45, 2.75) is 21.9 Å². The maximum atomic E-state index is 12.2. The van der Waals surface area contributed by atoms with Crippen LogP contribution in [0.5, 0.6) is 5.75 Å². The van der Waals surface area contributed by atoms with Gasteiger partial charge in [-0.25, -0.2) is 0 Å². The second kappa shape index (κ2) is 10.9. The molecule has 0 aliphatic heterocycles. The number of nitrogens with zero attached hydrogens (tertiary/aromatic N) is 3. The van der Waals surface area contributed by atoms with Gasteiger partial charge in [-0.05, 0) is 48.9 Å². The van der Waals surface area contributed by atoms with Crippen LogP contribution in [0.2, 0.25) is 0 Å². The summed E-state index contributed by atoms with van der Waals surface area (Å²) in [7, 11) is 0. The third-order valence-electron chi connectivity index (χ3n) is 3.60. The molecular formula is C20H18N4O2S3. The van der Waals surface area contributed by atoms with Gasteiger partial charge in [0.1, 0.15) is 5.75 Å². The number of carbonyl (C=O) groups excluding carboxylic acids is 1. The Labute approximate surface area is 181 Å². The van der Waals surface area contributed by atoms with Gasteiger partial charge in [-0.1, -0.05) is 35.2 Å². The third kappa shape index (κ3) is 6.78. The standard InChI is InChI=1S/C20H18N4O2S3/c1-2-26-16-7-9-17(10-8-16)27-13-18(25)22-19-23-24-20(29-19)28-12-15-5-3-14(11-21)4-6-15/h3-10H,2,12-13H2,1H3,(H,22,23,25). The molecule has 0 fully saturated rings. The van der Waals surface area contributed by atoms with Crippen molar-refractivity contribution < 1.29 is 9.53 Å². The second-order valence-corrected chi connectivity index (χ2v) is 8.96. The Kier molecular flexibility index (Phi) is 7.93. The van der Waals surface area contributed by atoms with E-state index in [0.717, 1.165) is 26.3 Å². The lowest BCUT2D eigenvalue weighted by Gasteiger charge is -2.04. The zero-order valence-electron chi connectivity index (χ0n) is 15.6. The van der Waals surface area contributed by atoms with E-state index in [1.807, 2.05) is 43.3 Å². The molecule has 2 aromatic carbocycles. The van der Waals surface area contributed by atoms with E-state index in [1.165, 1.54) is 23.1 Å². The van der Waals surface area contributed by atoms with Crippen molar-refractivity contribution >= 4 is 45.9 Å². The molecule has 0 atom stereocenters. The highest BCUT2D eigenvalue weighted by Gasteiger charge is 2.10. The molecule has 29 heavy (non-hydrogen) atoms. The van der Waals surface area contributed by atoms with Crippen molar-refractivity contribution in [2.24, 2.45) is 0 Å². The summed E-state index contributed by atoms with van der Waals surface area (Å²) in [4.78, 5) is 13.2. The number of nitrogens with one attached hydrogen (secondary N) is 1. The van der Waals surface area contributed by atoms with Crippen molar-refractivity contribution in [3.63, 3.8) is 0 Å². The molecule has 3 aromatic rings. The lowest BCUT2D eigenvalue weighted by molar-refractivity contribution is -0.113. The van der Waals surface area contributed by atoms with Gasteiger partial charge < -0.3 is 4.74 Å². The lowest BCUT2D eigenvalue weighted by atomic mass is 10.2. The number of rotatable bonds is 9. The minimum absolute atomic E-state index is 0.122. The molecule has 0 aliphatic rings.